The second-order valence-electron chi connectivity index (χ2n) is 5.24. The summed E-state index contributed by atoms with van der Waals surface area (Å²) in [5.41, 5.74) is -0.00295. The number of imidazole rings is 1. The van der Waals surface area contributed by atoms with Crippen molar-refractivity contribution < 1.29 is 4.74 Å². The van der Waals surface area contributed by atoms with E-state index >= 15 is 0 Å². The van der Waals surface area contributed by atoms with Crippen molar-refractivity contribution in [1.82, 2.24) is 19.1 Å². The summed E-state index contributed by atoms with van der Waals surface area (Å²) in [5, 5.41) is 0. The van der Waals surface area contributed by atoms with Crippen LogP contribution >= 0.6 is 0 Å². The first-order valence-electron chi connectivity index (χ1n) is 7.07. The Morgan fingerprint density at radius 3 is 2.67 bits per heavy atom. The summed E-state index contributed by atoms with van der Waals surface area (Å²) < 4.78 is 8.35. The molecule has 0 radical (unpaired) electrons. The molecule has 0 amide bonds. The first-order valence-corrected chi connectivity index (χ1v) is 7.07. The fourth-order valence-electron chi connectivity index (χ4n) is 2.78. The van der Waals surface area contributed by atoms with Crippen LogP contribution < -0.4 is 16.1 Å². The highest BCUT2D eigenvalue weighted by atomic mass is 16.5. The number of rotatable bonds is 4. The van der Waals surface area contributed by atoms with Crippen LogP contribution in [0.15, 0.2) is 9.59 Å². The number of nitrogens with one attached hydrogen (secondary N) is 1. The number of H-pyrrole nitrogens is 1. The third-order valence-electron chi connectivity index (χ3n) is 3.89. The van der Waals surface area contributed by atoms with E-state index in [0.29, 0.717) is 24.3 Å². The predicted molar refractivity (Wildman–Crippen MR) is 78.9 cm³/mol. The monoisotopic (exact) mass is 293 g/mol. The molecule has 3 heterocycles. The fourth-order valence-corrected chi connectivity index (χ4v) is 2.78. The van der Waals surface area contributed by atoms with Crippen molar-refractivity contribution in [3.63, 3.8) is 0 Å². The van der Waals surface area contributed by atoms with Crippen LogP contribution in [-0.4, -0.2) is 45.9 Å². The zero-order chi connectivity index (χ0) is 15.0. The molecule has 8 heteroatoms. The molecular formula is C13H19N5O3. The van der Waals surface area contributed by atoms with Gasteiger partial charge in [-0.1, -0.05) is 0 Å². The van der Waals surface area contributed by atoms with Crippen molar-refractivity contribution in [2.75, 3.05) is 31.7 Å². The number of hydrogen-bond donors (Lipinski definition) is 1. The molecule has 1 aliphatic rings. The van der Waals surface area contributed by atoms with Gasteiger partial charge in [0, 0.05) is 33.8 Å². The van der Waals surface area contributed by atoms with Gasteiger partial charge in [0.1, 0.15) is 0 Å². The molecule has 1 aliphatic heterocycles. The van der Waals surface area contributed by atoms with Gasteiger partial charge < -0.3 is 14.2 Å². The van der Waals surface area contributed by atoms with Crippen LogP contribution in [0, 0.1) is 0 Å². The summed E-state index contributed by atoms with van der Waals surface area (Å²) >= 11 is 0. The molecule has 0 atom stereocenters. The lowest BCUT2D eigenvalue weighted by Crippen LogP contribution is -2.29. The van der Waals surface area contributed by atoms with E-state index in [1.807, 2.05) is 4.57 Å². The molecule has 8 nitrogen and oxygen atoms in total. The average Bonchev–Trinajstić information content (AvgIpc) is 3.09. The van der Waals surface area contributed by atoms with Crippen LogP contribution in [0.3, 0.4) is 0 Å². The number of aromatic nitrogens is 4. The second kappa shape index (κ2) is 5.36. The molecule has 0 aliphatic carbocycles. The summed E-state index contributed by atoms with van der Waals surface area (Å²) in [5.74, 6) is 0.742. The Kier molecular flexibility index (Phi) is 3.54. The van der Waals surface area contributed by atoms with Crippen molar-refractivity contribution in [3.8, 4) is 0 Å². The lowest BCUT2D eigenvalue weighted by Gasteiger charge is -2.18. The molecule has 1 N–H and O–H groups in total. The molecule has 0 saturated carbocycles. The Labute approximate surface area is 121 Å². The van der Waals surface area contributed by atoms with Crippen LogP contribution in [0.4, 0.5) is 5.95 Å². The maximum absolute atomic E-state index is 12.2. The van der Waals surface area contributed by atoms with Gasteiger partial charge in [-0.15, -0.1) is 0 Å². The number of fused-ring (bicyclic) bond motifs is 1. The number of methoxy groups -OCH3 is 1. The SMILES string of the molecule is COCCn1c(N2CCCC2)nc2c1c(=O)[nH]c(=O)n2C. The molecule has 114 valence electrons. The smallest absolute Gasteiger partial charge is 0.329 e. The van der Waals surface area contributed by atoms with Crippen molar-refractivity contribution in [1.29, 1.82) is 0 Å². The Bertz CT molecular complexity index is 766. The maximum Gasteiger partial charge on any atom is 0.329 e. The van der Waals surface area contributed by atoms with E-state index in [4.69, 9.17) is 4.74 Å². The van der Waals surface area contributed by atoms with E-state index in [-0.39, 0.29) is 0 Å². The van der Waals surface area contributed by atoms with Gasteiger partial charge in [-0.25, -0.2) is 4.79 Å². The molecular weight excluding hydrogens is 274 g/mol. The number of ether oxygens (including phenoxy) is 1. The van der Waals surface area contributed by atoms with Gasteiger partial charge in [-0.2, -0.15) is 4.98 Å². The van der Waals surface area contributed by atoms with E-state index in [1.54, 1.807) is 14.2 Å². The van der Waals surface area contributed by atoms with Gasteiger partial charge in [-0.3, -0.25) is 14.3 Å². The van der Waals surface area contributed by atoms with Gasteiger partial charge in [0.25, 0.3) is 5.56 Å². The first-order chi connectivity index (χ1) is 10.1. The lowest BCUT2D eigenvalue weighted by molar-refractivity contribution is 0.188. The molecule has 3 rings (SSSR count). The standard InChI is InChI=1S/C13H19N5O3/c1-16-10-9(11(19)15-13(16)20)18(7-8-21-2)12(14-10)17-5-3-4-6-17/h3-8H2,1-2H3,(H,15,19,20). The van der Waals surface area contributed by atoms with E-state index in [9.17, 15) is 9.59 Å². The zero-order valence-electron chi connectivity index (χ0n) is 12.3. The quantitative estimate of drug-likeness (QED) is 0.834. The van der Waals surface area contributed by atoms with E-state index in [2.05, 4.69) is 14.9 Å². The van der Waals surface area contributed by atoms with Crippen molar-refractivity contribution in [2.24, 2.45) is 7.05 Å². The Morgan fingerprint density at radius 1 is 1.29 bits per heavy atom. The van der Waals surface area contributed by atoms with Crippen LogP contribution in [0.2, 0.25) is 0 Å². The molecule has 0 bridgehead atoms. The maximum atomic E-state index is 12.2. The Balaban J connectivity index is 2.25. The van der Waals surface area contributed by atoms with Crippen molar-refractivity contribution in [3.05, 3.63) is 20.8 Å². The molecule has 21 heavy (non-hydrogen) atoms. The highest BCUT2D eigenvalue weighted by Crippen LogP contribution is 2.22. The molecule has 0 aromatic carbocycles. The first kappa shape index (κ1) is 13.9. The number of hydrogen-bond acceptors (Lipinski definition) is 5. The van der Waals surface area contributed by atoms with Crippen LogP contribution in [0.1, 0.15) is 12.8 Å². The molecule has 1 fully saturated rings. The summed E-state index contributed by atoms with van der Waals surface area (Å²) in [4.78, 5) is 32.9. The number of aromatic amines is 1. The molecule has 2 aromatic heterocycles. The molecule has 1 saturated heterocycles. The third kappa shape index (κ3) is 2.25. The van der Waals surface area contributed by atoms with Gasteiger partial charge in [0.05, 0.1) is 6.61 Å². The van der Waals surface area contributed by atoms with Gasteiger partial charge in [-0.05, 0) is 12.8 Å². The number of aryl methyl sites for hydroxylation is 1. The predicted octanol–water partition coefficient (Wildman–Crippen LogP) is -0.330. The zero-order valence-corrected chi connectivity index (χ0v) is 12.3. The van der Waals surface area contributed by atoms with Crippen molar-refractivity contribution >= 4 is 17.1 Å². The number of anilines is 1. The fraction of sp³-hybridized carbons (Fsp3) is 0.615. The van der Waals surface area contributed by atoms with E-state index in [1.165, 1.54) is 4.57 Å². The Hall–Kier alpha value is -2.09. The number of nitrogens with zero attached hydrogens (tertiary/aromatic N) is 4. The summed E-state index contributed by atoms with van der Waals surface area (Å²) in [6.45, 7) is 2.85. The molecule has 0 unspecified atom stereocenters. The minimum absolute atomic E-state index is 0.401. The minimum Gasteiger partial charge on any atom is -0.383 e. The summed E-state index contributed by atoms with van der Waals surface area (Å²) in [6, 6.07) is 0. The minimum atomic E-state index is -0.447. The third-order valence-corrected chi connectivity index (χ3v) is 3.89. The topological polar surface area (TPSA) is 85.2 Å². The average molecular weight is 293 g/mol. The second-order valence-corrected chi connectivity index (χ2v) is 5.24. The summed E-state index contributed by atoms with van der Waals surface area (Å²) in [6.07, 6.45) is 2.23. The highest BCUT2D eigenvalue weighted by molar-refractivity contribution is 5.74. The van der Waals surface area contributed by atoms with Crippen LogP contribution in [0.5, 0.6) is 0 Å². The van der Waals surface area contributed by atoms with Crippen molar-refractivity contribution in [2.45, 2.75) is 19.4 Å². The van der Waals surface area contributed by atoms with E-state index < -0.39 is 11.2 Å². The largest absolute Gasteiger partial charge is 0.383 e. The van der Waals surface area contributed by atoms with Crippen LogP contribution in [-0.2, 0) is 18.3 Å². The molecule has 0 spiro atoms. The van der Waals surface area contributed by atoms with Gasteiger partial charge >= 0.3 is 5.69 Å². The van der Waals surface area contributed by atoms with Gasteiger partial charge in [0.15, 0.2) is 11.2 Å². The van der Waals surface area contributed by atoms with E-state index in [0.717, 1.165) is 31.9 Å². The lowest BCUT2D eigenvalue weighted by atomic mass is 10.4. The Morgan fingerprint density at radius 2 is 2.00 bits per heavy atom. The normalized spacial score (nSPS) is 15.2. The highest BCUT2D eigenvalue weighted by Gasteiger charge is 2.23. The molecule has 2 aromatic rings. The van der Waals surface area contributed by atoms with Crippen LogP contribution in [0.25, 0.3) is 11.2 Å². The van der Waals surface area contributed by atoms with Gasteiger partial charge in [0.2, 0.25) is 5.95 Å². The summed E-state index contributed by atoms with van der Waals surface area (Å²) in [7, 11) is 3.23.